The topological polar surface area (TPSA) is 82.8 Å². The molecule has 0 amide bonds. The van der Waals surface area contributed by atoms with E-state index in [1.165, 1.54) is 0 Å². The Morgan fingerprint density at radius 1 is 1.18 bits per heavy atom. The van der Waals surface area contributed by atoms with E-state index in [-0.39, 0.29) is 0 Å². The predicted molar refractivity (Wildman–Crippen MR) is 81.3 cm³/mol. The summed E-state index contributed by atoms with van der Waals surface area (Å²) >= 11 is 0. The molecule has 2 heterocycles. The fourth-order valence-electron chi connectivity index (χ4n) is 2.71. The molecule has 112 valence electrons. The van der Waals surface area contributed by atoms with Crippen LogP contribution in [0.25, 0.3) is 17.1 Å². The molecule has 1 fully saturated rings. The Morgan fingerprint density at radius 2 is 1.95 bits per heavy atom. The standard InChI is InChI=1S/C16H17N5O/c1-11-7-10-18-21(11)13-5-3-12(4-6-13)14-19-15(20-22-14)16(17)8-2-9-16/h3-7,10H,2,8-9,17H2,1H3. The third-order valence-electron chi connectivity index (χ3n) is 4.31. The maximum Gasteiger partial charge on any atom is 0.257 e. The molecule has 3 aromatic rings. The highest BCUT2D eigenvalue weighted by Gasteiger charge is 2.39. The molecule has 0 spiro atoms. The molecule has 6 heteroatoms. The smallest absolute Gasteiger partial charge is 0.257 e. The van der Waals surface area contributed by atoms with Crippen molar-refractivity contribution in [2.45, 2.75) is 31.7 Å². The number of nitrogens with two attached hydrogens (primary N) is 1. The minimum Gasteiger partial charge on any atom is -0.334 e. The van der Waals surface area contributed by atoms with Crippen molar-refractivity contribution in [2.75, 3.05) is 0 Å². The van der Waals surface area contributed by atoms with E-state index in [0.29, 0.717) is 11.7 Å². The molecule has 22 heavy (non-hydrogen) atoms. The molecule has 1 aromatic carbocycles. The summed E-state index contributed by atoms with van der Waals surface area (Å²) in [6.45, 7) is 2.02. The predicted octanol–water partition coefficient (Wildman–Crippen LogP) is 2.57. The molecule has 0 aliphatic heterocycles. The van der Waals surface area contributed by atoms with Gasteiger partial charge in [-0.05, 0) is 56.5 Å². The van der Waals surface area contributed by atoms with Gasteiger partial charge in [0.1, 0.15) is 0 Å². The summed E-state index contributed by atoms with van der Waals surface area (Å²) in [5.41, 5.74) is 8.80. The first-order valence-corrected chi connectivity index (χ1v) is 7.40. The molecular formula is C16H17N5O. The summed E-state index contributed by atoms with van der Waals surface area (Å²) in [6.07, 6.45) is 4.75. The second-order valence-corrected chi connectivity index (χ2v) is 5.86. The lowest BCUT2D eigenvalue weighted by Crippen LogP contribution is -2.44. The average molecular weight is 295 g/mol. The molecule has 2 N–H and O–H groups in total. The van der Waals surface area contributed by atoms with Crippen LogP contribution in [0.3, 0.4) is 0 Å². The molecule has 0 atom stereocenters. The van der Waals surface area contributed by atoms with E-state index in [0.717, 1.165) is 36.2 Å². The minimum atomic E-state index is -0.395. The number of rotatable bonds is 3. The van der Waals surface area contributed by atoms with E-state index in [9.17, 15) is 0 Å². The maximum absolute atomic E-state index is 6.22. The molecule has 0 bridgehead atoms. The summed E-state index contributed by atoms with van der Waals surface area (Å²) in [6, 6.07) is 9.86. The van der Waals surface area contributed by atoms with Gasteiger partial charge < -0.3 is 10.3 Å². The number of benzene rings is 1. The lowest BCUT2D eigenvalue weighted by Gasteiger charge is -2.34. The molecule has 0 radical (unpaired) electrons. The van der Waals surface area contributed by atoms with Crippen molar-refractivity contribution >= 4 is 0 Å². The number of aromatic nitrogens is 4. The van der Waals surface area contributed by atoms with Gasteiger partial charge in [-0.1, -0.05) is 5.16 Å². The van der Waals surface area contributed by atoms with Crippen LogP contribution in [-0.2, 0) is 5.54 Å². The fraction of sp³-hybridized carbons (Fsp3) is 0.312. The zero-order chi connectivity index (χ0) is 15.2. The molecule has 4 rings (SSSR count). The van der Waals surface area contributed by atoms with Crippen LogP contribution in [0.15, 0.2) is 41.1 Å². The first kappa shape index (κ1) is 13.2. The SMILES string of the molecule is Cc1ccnn1-c1ccc(-c2nc(C3(N)CCC3)no2)cc1. The van der Waals surface area contributed by atoms with Crippen molar-refractivity contribution in [2.24, 2.45) is 5.73 Å². The van der Waals surface area contributed by atoms with Crippen LogP contribution in [0, 0.1) is 6.92 Å². The maximum atomic E-state index is 6.22. The van der Waals surface area contributed by atoms with E-state index < -0.39 is 5.54 Å². The highest BCUT2D eigenvalue weighted by Crippen LogP contribution is 2.37. The monoisotopic (exact) mass is 295 g/mol. The second-order valence-electron chi connectivity index (χ2n) is 5.86. The number of hydrogen-bond donors (Lipinski definition) is 1. The second kappa shape index (κ2) is 4.78. The quantitative estimate of drug-likeness (QED) is 0.803. The van der Waals surface area contributed by atoms with Crippen LogP contribution in [0.2, 0.25) is 0 Å². The van der Waals surface area contributed by atoms with E-state index in [2.05, 4.69) is 15.2 Å². The lowest BCUT2D eigenvalue weighted by molar-refractivity contribution is 0.229. The van der Waals surface area contributed by atoms with Gasteiger partial charge in [0.05, 0.1) is 11.2 Å². The van der Waals surface area contributed by atoms with Crippen molar-refractivity contribution in [1.82, 2.24) is 19.9 Å². The normalized spacial score (nSPS) is 16.5. The molecule has 6 nitrogen and oxygen atoms in total. The summed E-state index contributed by atoms with van der Waals surface area (Å²) in [5, 5.41) is 8.34. The molecule has 0 saturated heterocycles. The fourth-order valence-corrected chi connectivity index (χ4v) is 2.71. The highest BCUT2D eigenvalue weighted by atomic mass is 16.5. The van der Waals surface area contributed by atoms with Gasteiger partial charge in [0, 0.05) is 17.5 Å². The molecule has 1 aliphatic rings. The van der Waals surface area contributed by atoms with Crippen LogP contribution in [0.1, 0.15) is 30.8 Å². The molecule has 2 aromatic heterocycles. The van der Waals surface area contributed by atoms with Crippen molar-refractivity contribution in [3.05, 3.63) is 48.0 Å². The highest BCUT2D eigenvalue weighted by molar-refractivity contribution is 5.55. The zero-order valence-corrected chi connectivity index (χ0v) is 12.4. The van der Waals surface area contributed by atoms with Gasteiger partial charge in [-0.2, -0.15) is 10.1 Å². The van der Waals surface area contributed by atoms with Gasteiger partial charge in [-0.15, -0.1) is 0 Å². The summed E-state index contributed by atoms with van der Waals surface area (Å²) < 4.78 is 7.24. The zero-order valence-electron chi connectivity index (χ0n) is 12.4. The Bertz CT molecular complexity index is 798. The van der Waals surface area contributed by atoms with E-state index in [1.807, 2.05) is 41.9 Å². The van der Waals surface area contributed by atoms with Gasteiger partial charge in [0.2, 0.25) is 0 Å². The number of aryl methyl sites for hydroxylation is 1. The van der Waals surface area contributed by atoms with Gasteiger partial charge in [0.25, 0.3) is 5.89 Å². The minimum absolute atomic E-state index is 0.395. The summed E-state index contributed by atoms with van der Waals surface area (Å²) in [4.78, 5) is 4.46. The third-order valence-corrected chi connectivity index (χ3v) is 4.31. The van der Waals surface area contributed by atoms with Crippen molar-refractivity contribution < 1.29 is 4.52 Å². The van der Waals surface area contributed by atoms with E-state index >= 15 is 0 Å². The summed E-state index contributed by atoms with van der Waals surface area (Å²) in [5.74, 6) is 1.12. The Labute approximate surface area is 127 Å². The first-order chi connectivity index (χ1) is 10.7. The Morgan fingerprint density at radius 3 is 2.55 bits per heavy atom. The van der Waals surface area contributed by atoms with Crippen molar-refractivity contribution in [1.29, 1.82) is 0 Å². The number of hydrogen-bond acceptors (Lipinski definition) is 5. The van der Waals surface area contributed by atoms with E-state index in [1.54, 1.807) is 6.20 Å². The van der Waals surface area contributed by atoms with Crippen LogP contribution in [0.5, 0.6) is 0 Å². The Balaban J connectivity index is 1.62. The van der Waals surface area contributed by atoms with Gasteiger partial charge >= 0.3 is 0 Å². The Hall–Kier alpha value is -2.47. The molecule has 1 saturated carbocycles. The van der Waals surface area contributed by atoms with Gasteiger partial charge in [-0.3, -0.25) is 0 Å². The van der Waals surface area contributed by atoms with E-state index in [4.69, 9.17) is 10.3 Å². The molecule has 1 aliphatic carbocycles. The van der Waals surface area contributed by atoms with Crippen LogP contribution in [-0.4, -0.2) is 19.9 Å². The average Bonchev–Trinajstić information content (AvgIpc) is 3.14. The number of nitrogens with zero attached hydrogens (tertiary/aromatic N) is 4. The summed E-state index contributed by atoms with van der Waals surface area (Å²) in [7, 11) is 0. The Kier molecular flexibility index (Phi) is 2.87. The van der Waals surface area contributed by atoms with Gasteiger partial charge in [0.15, 0.2) is 5.82 Å². The third kappa shape index (κ3) is 2.03. The van der Waals surface area contributed by atoms with Crippen LogP contribution >= 0.6 is 0 Å². The van der Waals surface area contributed by atoms with Crippen molar-refractivity contribution in [3.63, 3.8) is 0 Å². The van der Waals surface area contributed by atoms with Crippen LogP contribution < -0.4 is 5.73 Å². The van der Waals surface area contributed by atoms with Crippen LogP contribution in [0.4, 0.5) is 0 Å². The van der Waals surface area contributed by atoms with Crippen molar-refractivity contribution in [3.8, 4) is 17.1 Å². The molecule has 0 unspecified atom stereocenters. The lowest BCUT2D eigenvalue weighted by atomic mass is 9.77. The molecular weight excluding hydrogens is 278 g/mol. The first-order valence-electron chi connectivity index (χ1n) is 7.40. The van der Waals surface area contributed by atoms with Gasteiger partial charge in [-0.25, -0.2) is 4.68 Å². The largest absolute Gasteiger partial charge is 0.334 e.